The Balaban J connectivity index is 2.28. The molecule has 3 nitrogen and oxygen atoms in total. The molecule has 0 aromatic heterocycles. The van der Waals surface area contributed by atoms with Crippen LogP contribution < -0.4 is 5.32 Å². The molecule has 0 atom stereocenters. The molecule has 0 spiro atoms. The van der Waals surface area contributed by atoms with Crippen molar-refractivity contribution >= 4 is 5.84 Å². The molecule has 0 unspecified atom stereocenters. The van der Waals surface area contributed by atoms with E-state index < -0.39 is 0 Å². The van der Waals surface area contributed by atoms with E-state index in [9.17, 15) is 0 Å². The number of nitrogens with zero attached hydrogens (tertiary/aromatic N) is 1. The molecule has 0 fully saturated rings. The Kier molecular flexibility index (Phi) is 2.51. The monoisotopic (exact) mass is 128 g/mol. The maximum atomic E-state index is 8.50. The molecule has 1 aliphatic rings. The van der Waals surface area contributed by atoms with Crippen molar-refractivity contribution in [3.05, 3.63) is 0 Å². The molecule has 0 aromatic carbocycles. The van der Waals surface area contributed by atoms with Gasteiger partial charge in [-0.3, -0.25) is 4.99 Å². The van der Waals surface area contributed by atoms with Crippen molar-refractivity contribution in [2.75, 3.05) is 19.7 Å². The molecule has 52 valence electrons. The van der Waals surface area contributed by atoms with Gasteiger partial charge in [-0.15, -0.1) is 0 Å². The Morgan fingerprint density at radius 1 is 1.67 bits per heavy atom. The second-order valence-electron chi connectivity index (χ2n) is 2.08. The van der Waals surface area contributed by atoms with Crippen LogP contribution >= 0.6 is 0 Å². The molecule has 1 heterocycles. The van der Waals surface area contributed by atoms with Crippen LogP contribution in [-0.4, -0.2) is 30.6 Å². The van der Waals surface area contributed by atoms with Gasteiger partial charge in [0.1, 0.15) is 0 Å². The molecule has 2 N–H and O–H groups in total. The highest BCUT2D eigenvalue weighted by atomic mass is 16.3. The maximum absolute atomic E-state index is 8.50. The van der Waals surface area contributed by atoms with Gasteiger partial charge in [-0.05, 0) is 6.42 Å². The van der Waals surface area contributed by atoms with Gasteiger partial charge in [-0.2, -0.15) is 0 Å². The first-order chi connectivity index (χ1) is 4.43. The van der Waals surface area contributed by atoms with Crippen LogP contribution in [0.2, 0.25) is 0 Å². The van der Waals surface area contributed by atoms with Crippen molar-refractivity contribution in [1.82, 2.24) is 5.32 Å². The predicted octanol–water partition coefficient (Wildman–Crippen LogP) is -0.239. The molecule has 0 bridgehead atoms. The summed E-state index contributed by atoms with van der Waals surface area (Å²) >= 11 is 0. The van der Waals surface area contributed by atoms with Crippen molar-refractivity contribution in [2.45, 2.75) is 12.8 Å². The molecule has 3 heteroatoms. The third-order valence-corrected chi connectivity index (χ3v) is 1.32. The van der Waals surface area contributed by atoms with Crippen LogP contribution in [0, 0.1) is 0 Å². The third kappa shape index (κ3) is 2.01. The Bertz CT molecular complexity index is 112. The van der Waals surface area contributed by atoms with E-state index in [1.807, 2.05) is 0 Å². The SMILES string of the molecule is OCCC1=NCCCN1. The summed E-state index contributed by atoms with van der Waals surface area (Å²) in [4.78, 5) is 4.16. The van der Waals surface area contributed by atoms with Crippen molar-refractivity contribution in [3.8, 4) is 0 Å². The summed E-state index contributed by atoms with van der Waals surface area (Å²) in [6.07, 6.45) is 1.80. The normalized spacial score (nSPS) is 18.6. The summed E-state index contributed by atoms with van der Waals surface area (Å²) in [7, 11) is 0. The van der Waals surface area contributed by atoms with Gasteiger partial charge >= 0.3 is 0 Å². The highest BCUT2D eigenvalue weighted by molar-refractivity contribution is 5.82. The topological polar surface area (TPSA) is 44.6 Å². The van der Waals surface area contributed by atoms with Gasteiger partial charge in [0.25, 0.3) is 0 Å². The molecule has 1 aliphatic heterocycles. The summed E-state index contributed by atoms with van der Waals surface area (Å²) in [6, 6.07) is 0. The number of aliphatic hydroxyl groups excluding tert-OH is 1. The molecule has 9 heavy (non-hydrogen) atoms. The summed E-state index contributed by atoms with van der Waals surface area (Å²) in [5.41, 5.74) is 0. The highest BCUT2D eigenvalue weighted by Crippen LogP contribution is 1.91. The quantitative estimate of drug-likeness (QED) is 0.539. The number of nitrogens with one attached hydrogen (secondary N) is 1. The fourth-order valence-electron chi connectivity index (χ4n) is 0.855. The summed E-state index contributed by atoms with van der Waals surface area (Å²) in [6.45, 7) is 2.13. The Labute approximate surface area is 54.8 Å². The second-order valence-corrected chi connectivity index (χ2v) is 2.08. The van der Waals surface area contributed by atoms with E-state index in [-0.39, 0.29) is 6.61 Å². The largest absolute Gasteiger partial charge is 0.396 e. The molecule has 0 radical (unpaired) electrons. The lowest BCUT2D eigenvalue weighted by Gasteiger charge is -2.12. The number of hydrogen-bond donors (Lipinski definition) is 2. The Hall–Kier alpha value is -0.570. The zero-order chi connectivity index (χ0) is 6.53. The van der Waals surface area contributed by atoms with E-state index in [4.69, 9.17) is 5.11 Å². The van der Waals surface area contributed by atoms with E-state index in [2.05, 4.69) is 10.3 Å². The number of hydrogen-bond acceptors (Lipinski definition) is 3. The van der Waals surface area contributed by atoms with Crippen molar-refractivity contribution in [1.29, 1.82) is 0 Å². The summed E-state index contributed by atoms with van der Waals surface area (Å²) in [5.74, 6) is 0.962. The van der Waals surface area contributed by atoms with Crippen LogP contribution in [0.1, 0.15) is 12.8 Å². The standard InChI is InChI=1S/C6H12N2O/c9-5-2-6-7-3-1-4-8-6/h9H,1-5H2,(H,7,8). The Morgan fingerprint density at radius 3 is 3.11 bits per heavy atom. The van der Waals surface area contributed by atoms with Crippen LogP contribution in [0.15, 0.2) is 4.99 Å². The molecular formula is C6H12N2O. The first-order valence-electron chi connectivity index (χ1n) is 3.31. The second kappa shape index (κ2) is 3.45. The zero-order valence-corrected chi connectivity index (χ0v) is 5.43. The van der Waals surface area contributed by atoms with Crippen molar-refractivity contribution in [2.24, 2.45) is 4.99 Å². The highest BCUT2D eigenvalue weighted by Gasteiger charge is 2.00. The third-order valence-electron chi connectivity index (χ3n) is 1.32. The van der Waals surface area contributed by atoms with Gasteiger partial charge < -0.3 is 10.4 Å². The summed E-state index contributed by atoms with van der Waals surface area (Å²) in [5, 5.41) is 11.6. The minimum atomic E-state index is 0.200. The Morgan fingerprint density at radius 2 is 2.56 bits per heavy atom. The average Bonchev–Trinajstić information content (AvgIpc) is 1.91. The van der Waals surface area contributed by atoms with E-state index in [0.717, 1.165) is 25.3 Å². The molecule has 0 amide bonds. The molecule has 1 rings (SSSR count). The van der Waals surface area contributed by atoms with Gasteiger partial charge in [0.15, 0.2) is 0 Å². The lowest BCUT2D eigenvalue weighted by Crippen LogP contribution is -2.29. The van der Waals surface area contributed by atoms with Crippen LogP contribution in [-0.2, 0) is 0 Å². The van der Waals surface area contributed by atoms with Gasteiger partial charge in [-0.25, -0.2) is 0 Å². The van der Waals surface area contributed by atoms with E-state index in [1.165, 1.54) is 0 Å². The van der Waals surface area contributed by atoms with E-state index >= 15 is 0 Å². The number of amidine groups is 1. The van der Waals surface area contributed by atoms with Crippen molar-refractivity contribution < 1.29 is 5.11 Å². The molecule has 0 saturated heterocycles. The van der Waals surface area contributed by atoms with E-state index in [1.54, 1.807) is 0 Å². The smallest absolute Gasteiger partial charge is 0.0986 e. The fourth-order valence-corrected chi connectivity index (χ4v) is 0.855. The molecular weight excluding hydrogens is 116 g/mol. The molecule has 0 aliphatic carbocycles. The van der Waals surface area contributed by atoms with Crippen LogP contribution in [0.5, 0.6) is 0 Å². The average molecular weight is 128 g/mol. The van der Waals surface area contributed by atoms with Gasteiger partial charge in [0, 0.05) is 19.5 Å². The van der Waals surface area contributed by atoms with E-state index in [0.29, 0.717) is 6.42 Å². The minimum absolute atomic E-state index is 0.200. The van der Waals surface area contributed by atoms with Crippen LogP contribution in [0.3, 0.4) is 0 Å². The van der Waals surface area contributed by atoms with Gasteiger partial charge in [-0.1, -0.05) is 0 Å². The molecule has 0 aromatic rings. The first kappa shape index (κ1) is 6.55. The lowest BCUT2D eigenvalue weighted by atomic mass is 10.3. The lowest BCUT2D eigenvalue weighted by molar-refractivity contribution is 0.305. The molecule has 0 saturated carbocycles. The summed E-state index contributed by atoms with van der Waals surface area (Å²) < 4.78 is 0. The van der Waals surface area contributed by atoms with Crippen LogP contribution in [0.4, 0.5) is 0 Å². The minimum Gasteiger partial charge on any atom is -0.396 e. The van der Waals surface area contributed by atoms with Gasteiger partial charge in [0.2, 0.25) is 0 Å². The first-order valence-corrected chi connectivity index (χ1v) is 3.31. The zero-order valence-electron chi connectivity index (χ0n) is 5.43. The number of aliphatic hydroxyl groups is 1. The van der Waals surface area contributed by atoms with Gasteiger partial charge in [0.05, 0.1) is 12.4 Å². The van der Waals surface area contributed by atoms with Crippen molar-refractivity contribution in [3.63, 3.8) is 0 Å². The maximum Gasteiger partial charge on any atom is 0.0986 e. The number of aliphatic imine (C=N–C) groups is 1. The number of rotatable bonds is 2. The van der Waals surface area contributed by atoms with Crippen LogP contribution in [0.25, 0.3) is 0 Å². The fraction of sp³-hybridized carbons (Fsp3) is 0.833. The predicted molar refractivity (Wildman–Crippen MR) is 36.6 cm³/mol.